The van der Waals surface area contributed by atoms with Gasteiger partial charge in [0.1, 0.15) is 11.0 Å². The zero-order chi connectivity index (χ0) is 20.5. The minimum Gasteiger partial charge on any atom is -0.322 e. The number of aromatic nitrogens is 3. The summed E-state index contributed by atoms with van der Waals surface area (Å²) in [6.07, 6.45) is 0.988. The molecular formula is C22H18ClIN4O. The third-order valence-corrected chi connectivity index (χ3v) is 5.72. The summed E-state index contributed by atoms with van der Waals surface area (Å²) < 4.78 is 0.946. The van der Waals surface area contributed by atoms with E-state index in [4.69, 9.17) is 11.6 Å². The van der Waals surface area contributed by atoms with E-state index in [9.17, 15) is 4.79 Å². The van der Waals surface area contributed by atoms with Crippen LogP contribution in [0.3, 0.4) is 0 Å². The first-order valence-electron chi connectivity index (χ1n) is 9.18. The average molecular weight is 517 g/mol. The number of fused-ring (bicyclic) bond motifs is 1. The smallest absolute Gasteiger partial charge is 0.257 e. The van der Waals surface area contributed by atoms with Crippen LogP contribution in [0.1, 0.15) is 28.4 Å². The summed E-state index contributed by atoms with van der Waals surface area (Å²) in [6, 6.07) is 17.3. The summed E-state index contributed by atoms with van der Waals surface area (Å²) >= 11 is 8.35. The monoisotopic (exact) mass is 516 g/mol. The number of nitrogens with zero attached hydrogens (tertiary/aromatic N) is 3. The number of benzene rings is 3. The number of hydrogen-bond donors (Lipinski definition) is 1. The van der Waals surface area contributed by atoms with Crippen molar-refractivity contribution < 1.29 is 4.79 Å². The lowest BCUT2D eigenvalue weighted by molar-refractivity contribution is 0.102. The second-order valence-corrected chi connectivity index (χ2v) is 8.40. The van der Waals surface area contributed by atoms with Crippen LogP contribution in [0.2, 0.25) is 5.02 Å². The number of nitrogens with one attached hydrogen (secondary N) is 1. The summed E-state index contributed by atoms with van der Waals surface area (Å²) in [4.78, 5) is 14.3. The zero-order valence-electron chi connectivity index (χ0n) is 15.9. The maximum atomic E-state index is 12.7. The van der Waals surface area contributed by atoms with E-state index in [0.29, 0.717) is 21.8 Å². The van der Waals surface area contributed by atoms with Gasteiger partial charge in [0.15, 0.2) is 0 Å². The Labute approximate surface area is 187 Å². The summed E-state index contributed by atoms with van der Waals surface area (Å²) in [7, 11) is 0. The fourth-order valence-electron chi connectivity index (χ4n) is 3.04. The van der Waals surface area contributed by atoms with Gasteiger partial charge >= 0.3 is 0 Å². The minimum absolute atomic E-state index is 0.251. The molecule has 0 aliphatic carbocycles. The quantitative estimate of drug-likeness (QED) is 0.349. The average Bonchev–Trinajstić information content (AvgIpc) is 3.12. The van der Waals surface area contributed by atoms with E-state index in [1.54, 1.807) is 16.9 Å². The second kappa shape index (κ2) is 8.12. The van der Waals surface area contributed by atoms with Crippen molar-refractivity contribution in [3.8, 4) is 5.69 Å². The molecule has 0 fully saturated rings. The summed E-state index contributed by atoms with van der Waals surface area (Å²) in [5.41, 5.74) is 5.67. The van der Waals surface area contributed by atoms with Crippen molar-refractivity contribution in [2.75, 3.05) is 5.32 Å². The molecule has 1 N–H and O–H groups in total. The predicted octanol–water partition coefficient (Wildman–Crippen LogP) is 5.80. The van der Waals surface area contributed by atoms with Crippen molar-refractivity contribution in [1.29, 1.82) is 0 Å². The van der Waals surface area contributed by atoms with Crippen molar-refractivity contribution in [3.05, 3.63) is 79.9 Å². The Morgan fingerprint density at radius 1 is 1.07 bits per heavy atom. The number of amides is 1. The number of halogens is 2. The van der Waals surface area contributed by atoms with Crippen LogP contribution in [-0.2, 0) is 6.42 Å². The molecule has 1 amide bonds. The van der Waals surface area contributed by atoms with Crippen LogP contribution in [0, 0.1) is 10.5 Å². The fourth-order valence-corrected chi connectivity index (χ4v) is 3.74. The van der Waals surface area contributed by atoms with Crippen LogP contribution in [0.25, 0.3) is 16.7 Å². The largest absolute Gasteiger partial charge is 0.322 e. The highest BCUT2D eigenvalue weighted by Gasteiger charge is 2.14. The highest BCUT2D eigenvalue weighted by atomic mass is 127. The van der Waals surface area contributed by atoms with Gasteiger partial charge in [-0.05, 0) is 89.5 Å². The van der Waals surface area contributed by atoms with Crippen LogP contribution >= 0.6 is 34.2 Å². The van der Waals surface area contributed by atoms with E-state index < -0.39 is 0 Å². The molecule has 1 heterocycles. The number of rotatable bonds is 4. The molecule has 0 saturated carbocycles. The van der Waals surface area contributed by atoms with Crippen molar-refractivity contribution >= 4 is 56.8 Å². The number of hydrogen-bond acceptors (Lipinski definition) is 3. The van der Waals surface area contributed by atoms with Gasteiger partial charge in [0.05, 0.1) is 16.3 Å². The molecule has 1 aromatic heterocycles. The number of anilines is 1. The maximum Gasteiger partial charge on any atom is 0.257 e. The van der Waals surface area contributed by atoms with Gasteiger partial charge in [-0.15, -0.1) is 10.2 Å². The summed E-state index contributed by atoms with van der Waals surface area (Å²) in [6.45, 7) is 4.05. The van der Waals surface area contributed by atoms with Gasteiger partial charge in [0.25, 0.3) is 5.91 Å². The molecular weight excluding hydrogens is 499 g/mol. The van der Waals surface area contributed by atoms with Gasteiger partial charge in [-0.1, -0.05) is 30.7 Å². The van der Waals surface area contributed by atoms with Gasteiger partial charge in [0, 0.05) is 9.26 Å². The minimum atomic E-state index is -0.251. The van der Waals surface area contributed by atoms with Gasteiger partial charge in [-0.3, -0.25) is 4.79 Å². The number of carbonyl (C=O) groups is 1. The molecule has 146 valence electrons. The molecule has 0 bridgehead atoms. The summed E-state index contributed by atoms with van der Waals surface area (Å²) in [5, 5.41) is 12.5. The highest BCUT2D eigenvalue weighted by molar-refractivity contribution is 14.1. The Morgan fingerprint density at radius 3 is 2.45 bits per heavy atom. The summed E-state index contributed by atoms with van der Waals surface area (Å²) in [5.74, 6) is -0.251. The topological polar surface area (TPSA) is 59.8 Å². The van der Waals surface area contributed by atoms with Gasteiger partial charge in [-0.2, -0.15) is 4.80 Å². The first-order valence-corrected chi connectivity index (χ1v) is 10.6. The van der Waals surface area contributed by atoms with Crippen molar-refractivity contribution in [3.63, 3.8) is 0 Å². The number of aryl methyl sites for hydroxylation is 2. The molecule has 29 heavy (non-hydrogen) atoms. The van der Waals surface area contributed by atoms with Gasteiger partial charge < -0.3 is 5.32 Å². The van der Waals surface area contributed by atoms with E-state index in [0.717, 1.165) is 26.8 Å². The van der Waals surface area contributed by atoms with Crippen LogP contribution in [-0.4, -0.2) is 20.9 Å². The molecule has 5 nitrogen and oxygen atoms in total. The Kier molecular flexibility index (Phi) is 5.56. The first-order chi connectivity index (χ1) is 13.9. The first kappa shape index (κ1) is 19.8. The van der Waals surface area contributed by atoms with Gasteiger partial charge in [0.2, 0.25) is 0 Å². The molecule has 7 heteroatoms. The normalized spacial score (nSPS) is 11.0. The van der Waals surface area contributed by atoms with Crippen molar-refractivity contribution in [1.82, 2.24) is 15.0 Å². The fraction of sp³-hybridized carbons (Fsp3) is 0.136. The Morgan fingerprint density at radius 2 is 1.76 bits per heavy atom. The van der Waals surface area contributed by atoms with Crippen LogP contribution in [0.4, 0.5) is 5.69 Å². The second-order valence-electron chi connectivity index (χ2n) is 6.74. The van der Waals surface area contributed by atoms with E-state index in [1.165, 1.54) is 5.56 Å². The zero-order valence-corrected chi connectivity index (χ0v) is 18.8. The van der Waals surface area contributed by atoms with Gasteiger partial charge in [-0.25, -0.2) is 0 Å². The molecule has 4 aromatic rings. The molecule has 0 aliphatic heterocycles. The molecule has 0 spiro atoms. The lowest BCUT2D eigenvalue weighted by Crippen LogP contribution is -2.13. The Hall–Kier alpha value is -2.45. The van der Waals surface area contributed by atoms with E-state index in [-0.39, 0.29) is 5.91 Å². The maximum absolute atomic E-state index is 12.7. The SMILES string of the molecule is CCc1ccc(-n2nc3cc(C)c(NC(=O)c4cc(I)ccc4Cl)cc3n2)cc1. The lowest BCUT2D eigenvalue weighted by Gasteiger charge is -2.09. The predicted molar refractivity (Wildman–Crippen MR) is 125 cm³/mol. The molecule has 0 unspecified atom stereocenters. The van der Waals surface area contributed by atoms with E-state index in [2.05, 4.69) is 57.2 Å². The number of carbonyl (C=O) groups excluding carboxylic acids is 1. The Bertz CT molecular complexity index is 1220. The molecule has 0 atom stereocenters. The van der Waals surface area contributed by atoms with E-state index in [1.807, 2.05) is 37.3 Å². The molecule has 0 saturated heterocycles. The highest BCUT2D eigenvalue weighted by Crippen LogP contribution is 2.25. The van der Waals surface area contributed by atoms with Crippen molar-refractivity contribution in [2.24, 2.45) is 0 Å². The van der Waals surface area contributed by atoms with Crippen LogP contribution < -0.4 is 5.32 Å². The lowest BCUT2D eigenvalue weighted by atomic mass is 10.1. The van der Waals surface area contributed by atoms with E-state index >= 15 is 0 Å². The Balaban J connectivity index is 1.66. The third kappa shape index (κ3) is 4.13. The third-order valence-electron chi connectivity index (χ3n) is 4.72. The molecule has 0 aliphatic rings. The molecule has 3 aromatic carbocycles. The molecule has 4 rings (SSSR count). The molecule has 0 radical (unpaired) electrons. The van der Waals surface area contributed by atoms with Crippen LogP contribution in [0.15, 0.2) is 54.6 Å². The van der Waals surface area contributed by atoms with Crippen LogP contribution in [0.5, 0.6) is 0 Å². The van der Waals surface area contributed by atoms with Crippen molar-refractivity contribution in [2.45, 2.75) is 20.3 Å². The standard InChI is InChI=1S/C22H18ClIN4O/c1-3-14-4-7-16(8-5-14)28-26-20-10-13(2)19(12-21(20)27-28)25-22(29)17-11-15(24)6-9-18(17)23/h4-12H,3H2,1-2H3,(H,25,29).